The van der Waals surface area contributed by atoms with Crippen molar-refractivity contribution in [3.05, 3.63) is 215 Å². The molecule has 6 aromatic carbocycles. The van der Waals surface area contributed by atoms with Gasteiger partial charge in [-0.25, -0.2) is 9.97 Å². The van der Waals surface area contributed by atoms with Crippen LogP contribution in [0.2, 0.25) is 0 Å². The van der Waals surface area contributed by atoms with Gasteiger partial charge in [0.15, 0.2) is 0 Å². The van der Waals surface area contributed by atoms with Crippen LogP contribution in [0.4, 0.5) is 17.1 Å². The number of piperidine rings is 1. The van der Waals surface area contributed by atoms with Gasteiger partial charge in [-0.05, 0) is 163 Å². The van der Waals surface area contributed by atoms with E-state index in [1.165, 1.54) is 18.5 Å². The number of nitriles is 2. The number of nitrogens with one attached hydrogen (secondary N) is 2. The number of carbonyl (C=O) groups excluding carboxylic acids is 2. The minimum atomic E-state index is -0.197. The number of piperazine rings is 1. The number of aromatic nitrogens is 4. The fraction of sp³-hybridized carbons (Fsp3) is 0.212. The van der Waals surface area contributed by atoms with E-state index in [0.29, 0.717) is 34.5 Å². The molecule has 3 aromatic heterocycles. The Labute approximate surface area is 460 Å². The lowest BCUT2D eigenvalue weighted by Gasteiger charge is -2.40. The lowest BCUT2D eigenvalue weighted by Crippen LogP contribution is -2.46. The average molecular weight is 1040 g/mol. The SMILES string of the molecule is CC1CCN(c2ccc(NC(=O)c3ccc(C4=Cn5c(-c6ccc(C#N)c(C7CN(C)CCN7Cc7ccc(NC(=O)c8ccc(-c9ccc%10ncc(-c%11ccc(C#N)cc%11)n%10c9)cc8)cc7)c6)cnc5CC4)cc3)cc2)CC1. The maximum Gasteiger partial charge on any atom is 0.255 e. The molecule has 2 amide bonds. The standard InChI is InChI=1S/C66H59N11O2/c1-44-29-31-74(32-30-44)58-25-23-57(24-26-58)72-66(79)51-15-11-48(12-16-51)55-20-28-64-70-39-61(77(64)42-55)52-17-18-53(37-68)59(35-52)62-43-73(2)33-34-75(62)40-46-5-21-56(22-6-46)71-65(78)50-13-9-47(10-14-50)54-19-27-63-69-38-60(76(63)41-54)49-7-3-45(36-67)4-8-49/h3-19,21-27,35,38-39,41-42,44,62H,20,28-34,40,43H2,1-2H3,(H,71,78)(H,72,79). The Morgan fingerprint density at radius 2 is 1.27 bits per heavy atom. The highest BCUT2D eigenvalue weighted by Crippen LogP contribution is 2.36. The first-order valence-corrected chi connectivity index (χ1v) is 27.1. The molecule has 9 aromatic rings. The van der Waals surface area contributed by atoms with Crippen LogP contribution in [0, 0.1) is 28.6 Å². The zero-order valence-electron chi connectivity index (χ0n) is 44.3. The van der Waals surface area contributed by atoms with E-state index in [1.54, 1.807) is 12.1 Å². The maximum absolute atomic E-state index is 13.5. The first-order valence-electron chi connectivity index (χ1n) is 27.1. The number of hydrogen-bond donors (Lipinski definition) is 2. The monoisotopic (exact) mass is 1040 g/mol. The van der Waals surface area contributed by atoms with Gasteiger partial charge in [0.05, 0.1) is 47.0 Å². The van der Waals surface area contributed by atoms with Crippen molar-refractivity contribution < 1.29 is 9.59 Å². The van der Waals surface area contributed by atoms with Crippen molar-refractivity contribution in [3.63, 3.8) is 0 Å². The Kier molecular flexibility index (Phi) is 14.0. The lowest BCUT2D eigenvalue weighted by molar-refractivity contribution is 0.0832. The largest absolute Gasteiger partial charge is 0.372 e. The smallest absolute Gasteiger partial charge is 0.255 e. The molecule has 13 heteroatoms. The predicted octanol–water partition coefficient (Wildman–Crippen LogP) is 12.4. The van der Waals surface area contributed by atoms with E-state index >= 15 is 0 Å². The van der Waals surface area contributed by atoms with Gasteiger partial charge in [0.1, 0.15) is 11.5 Å². The van der Waals surface area contributed by atoms with Crippen LogP contribution >= 0.6 is 0 Å². The number of rotatable bonds is 12. The molecule has 0 bridgehead atoms. The zero-order valence-corrected chi connectivity index (χ0v) is 44.3. The van der Waals surface area contributed by atoms with E-state index in [-0.39, 0.29) is 17.9 Å². The van der Waals surface area contributed by atoms with Gasteiger partial charge < -0.3 is 25.0 Å². The van der Waals surface area contributed by atoms with Gasteiger partial charge in [-0.1, -0.05) is 61.5 Å². The number of amides is 2. The molecule has 3 aliphatic rings. The molecule has 0 saturated carbocycles. The fourth-order valence-electron chi connectivity index (χ4n) is 11.3. The van der Waals surface area contributed by atoms with Gasteiger partial charge >= 0.3 is 0 Å². The van der Waals surface area contributed by atoms with E-state index < -0.39 is 0 Å². The van der Waals surface area contributed by atoms with E-state index in [1.807, 2.05) is 132 Å². The van der Waals surface area contributed by atoms with E-state index in [4.69, 9.17) is 4.98 Å². The number of carbonyl (C=O) groups is 2. The topological polar surface area (TPSA) is 151 Å². The minimum Gasteiger partial charge on any atom is -0.372 e. The second-order valence-corrected chi connectivity index (χ2v) is 21.2. The van der Waals surface area contributed by atoms with Crippen molar-refractivity contribution in [1.29, 1.82) is 10.5 Å². The van der Waals surface area contributed by atoms with Crippen molar-refractivity contribution in [2.24, 2.45) is 5.92 Å². The third-order valence-electron chi connectivity index (χ3n) is 16.0. The first-order chi connectivity index (χ1) is 38.6. The highest BCUT2D eigenvalue weighted by atomic mass is 16.2. The van der Waals surface area contributed by atoms with Gasteiger partial charge in [0.2, 0.25) is 0 Å². The third-order valence-corrected chi connectivity index (χ3v) is 16.0. The second kappa shape index (κ2) is 21.9. The van der Waals surface area contributed by atoms with Crippen LogP contribution in [0.1, 0.15) is 86.6 Å². The lowest BCUT2D eigenvalue weighted by atomic mass is 9.94. The van der Waals surface area contributed by atoms with Crippen molar-refractivity contribution in [3.8, 4) is 45.8 Å². The molecule has 6 heterocycles. The number of allylic oxidation sites excluding steroid dienone is 1. The Morgan fingerprint density at radius 1 is 0.633 bits per heavy atom. The summed E-state index contributed by atoms with van der Waals surface area (Å²) in [7, 11) is 2.13. The summed E-state index contributed by atoms with van der Waals surface area (Å²) in [4.78, 5) is 43.5. The van der Waals surface area contributed by atoms with Gasteiger partial charge in [-0.3, -0.25) is 18.9 Å². The second-order valence-electron chi connectivity index (χ2n) is 21.2. The molecule has 0 spiro atoms. The molecule has 0 aliphatic carbocycles. The van der Waals surface area contributed by atoms with Crippen LogP contribution in [-0.4, -0.2) is 80.3 Å². The van der Waals surface area contributed by atoms with Crippen molar-refractivity contribution in [2.75, 3.05) is 55.3 Å². The molecule has 79 heavy (non-hydrogen) atoms. The Morgan fingerprint density at radius 3 is 1.95 bits per heavy atom. The molecular formula is C66H59N11O2. The molecule has 12 rings (SSSR count). The number of anilines is 3. The quantitative estimate of drug-likeness (QED) is 0.122. The molecule has 3 aliphatic heterocycles. The number of hydrogen-bond acceptors (Lipinski definition) is 9. The predicted molar refractivity (Wildman–Crippen MR) is 312 cm³/mol. The molecular weight excluding hydrogens is 979 g/mol. The summed E-state index contributed by atoms with van der Waals surface area (Å²) < 4.78 is 4.22. The first kappa shape index (κ1) is 50.4. The fourth-order valence-corrected chi connectivity index (χ4v) is 11.3. The van der Waals surface area contributed by atoms with Gasteiger partial charge in [0.25, 0.3) is 11.8 Å². The van der Waals surface area contributed by atoms with E-state index in [2.05, 4.69) is 97.5 Å². The number of aryl methyl sites for hydroxylation is 1. The van der Waals surface area contributed by atoms with Crippen molar-refractivity contribution >= 4 is 46.3 Å². The zero-order chi connectivity index (χ0) is 54.0. The highest BCUT2D eigenvalue weighted by Gasteiger charge is 2.30. The molecule has 0 radical (unpaired) electrons. The highest BCUT2D eigenvalue weighted by molar-refractivity contribution is 6.05. The van der Waals surface area contributed by atoms with Crippen molar-refractivity contribution in [2.45, 2.75) is 45.2 Å². The van der Waals surface area contributed by atoms with Gasteiger partial charge in [-0.2, -0.15) is 10.5 Å². The van der Waals surface area contributed by atoms with Gasteiger partial charge in [-0.15, -0.1) is 0 Å². The van der Waals surface area contributed by atoms with Crippen molar-refractivity contribution in [1.82, 2.24) is 28.7 Å². The van der Waals surface area contributed by atoms with Crippen LogP contribution in [-0.2, 0) is 13.0 Å². The number of fused-ring (bicyclic) bond motifs is 2. The Bertz CT molecular complexity index is 3840. The Balaban J connectivity index is 0.702. The average Bonchev–Trinajstić information content (AvgIpc) is 4.18. The minimum absolute atomic E-state index is 0.0457. The van der Waals surface area contributed by atoms with Crippen LogP contribution in [0.5, 0.6) is 0 Å². The molecule has 2 fully saturated rings. The number of likely N-dealkylation sites (N-methyl/N-ethyl adjacent to an activating group) is 1. The molecule has 1 unspecified atom stereocenters. The summed E-state index contributed by atoms with van der Waals surface area (Å²) in [5.41, 5.74) is 16.0. The number of benzene rings is 6. The van der Waals surface area contributed by atoms with Crippen LogP contribution in [0.3, 0.4) is 0 Å². The molecule has 1 atom stereocenters. The van der Waals surface area contributed by atoms with E-state index in [0.717, 1.165) is 125 Å². The summed E-state index contributed by atoms with van der Waals surface area (Å²) in [5.74, 6) is 1.42. The van der Waals surface area contributed by atoms with Gasteiger partial charge in [0, 0.05) is 103 Å². The van der Waals surface area contributed by atoms with Crippen LogP contribution < -0.4 is 15.5 Å². The maximum atomic E-state index is 13.5. The normalized spacial score (nSPS) is 15.9. The summed E-state index contributed by atoms with van der Waals surface area (Å²) in [6.07, 6.45) is 12.0. The third kappa shape index (κ3) is 10.7. The number of pyridine rings is 1. The molecule has 2 saturated heterocycles. The summed E-state index contributed by atoms with van der Waals surface area (Å²) in [6.45, 7) is 7.59. The molecule has 390 valence electrons. The van der Waals surface area contributed by atoms with E-state index in [9.17, 15) is 20.1 Å². The molecule has 2 N–H and O–H groups in total. The van der Waals surface area contributed by atoms with Crippen LogP contribution in [0.25, 0.3) is 51.1 Å². The summed E-state index contributed by atoms with van der Waals surface area (Å²) in [5, 5.41) is 25.9. The summed E-state index contributed by atoms with van der Waals surface area (Å²) >= 11 is 0. The number of imidazole rings is 2. The summed E-state index contributed by atoms with van der Waals surface area (Å²) in [6, 6.07) is 53.9. The molecule has 13 nitrogen and oxygen atoms in total. The Hall–Kier alpha value is -9.40. The van der Waals surface area contributed by atoms with Crippen LogP contribution in [0.15, 0.2) is 170 Å². The number of nitrogens with zero attached hydrogens (tertiary/aromatic N) is 9.